The van der Waals surface area contributed by atoms with Crippen molar-refractivity contribution in [2.75, 3.05) is 0 Å². The van der Waals surface area contributed by atoms with Crippen LogP contribution in [-0.4, -0.2) is 11.2 Å². The first-order valence-electron chi connectivity index (χ1n) is 8.93. The number of benzene rings is 1. The summed E-state index contributed by atoms with van der Waals surface area (Å²) in [6.45, 7) is 0. The van der Waals surface area contributed by atoms with Crippen LogP contribution in [0.1, 0.15) is 56.9 Å². The molecule has 4 aliphatic rings. The third kappa shape index (κ3) is 2.90. The average Bonchev–Trinajstić information content (AvgIpc) is 2.44. The highest BCUT2D eigenvalue weighted by molar-refractivity contribution is 5.14. The number of hydrogen-bond donors (Lipinski definition) is 1. The lowest BCUT2D eigenvalue weighted by Gasteiger charge is -2.57. The van der Waals surface area contributed by atoms with Crippen LogP contribution in [0.25, 0.3) is 0 Å². The zero-order valence-corrected chi connectivity index (χ0v) is 13.0. The molecular formula is C20H28O. The lowest BCUT2D eigenvalue weighted by Crippen LogP contribution is -2.47. The average molecular weight is 284 g/mol. The maximum atomic E-state index is 10.6. The van der Waals surface area contributed by atoms with Crippen LogP contribution < -0.4 is 0 Å². The molecule has 114 valence electrons. The smallest absolute Gasteiger partial charge is 0.0548 e. The number of aliphatic hydroxyl groups is 1. The Morgan fingerprint density at radius 3 is 2.10 bits per heavy atom. The summed E-state index contributed by atoms with van der Waals surface area (Å²) in [4.78, 5) is 0. The van der Waals surface area contributed by atoms with Crippen LogP contribution in [0.2, 0.25) is 0 Å². The van der Waals surface area contributed by atoms with Crippen molar-refractivity contribution >= 4 is 0 Å². The molecule has 0 aliphatic heterocycles. The SMILES string of the molecule is OC(CCc1ccccc1)CC12CC3CC(CC(C3)C1)C2. The Morgan fingerprint density at radius 1 is 0.952 bits per heavy atom. The lowest BCUT2D eigenvalue weighted by atomic mass is 9.48. The molecule has 0 spiro atoms. The molecule has 5 rings (SSSR count). The third-order valence-electron chi connectivity index (χ3n) is 6.44. The summed E-state index contributed by atoms with van der Waals surface area (Å²) in [6, 6.07) is 10.6. The van der Waals surface area contributed by atoms with Crippen molar-refractivity contribution < 1.29 is 5.11 Å². The topological polar surface area (TPSA) is 20.2 Å². The van der Waals surface area contributed by atoms with E-state index in [2.05, 4.69) is 30.3 Å². The number of hydrogen-bond acceptors (Lipinski definition) is 1. The molecule has 4 bridgehead atoms. The minimum absolute atomic E-state index is 0.0959. The second-order valence-corrected chi connectivity index (χ2v) is 8.30. The van der Waals surface area contributed by atoms with Crippen LogP contribution in [0.5, 0.6) is 0 Å². The largest absolute Gasteiger partial charge is 0.393 e. The standard InChI is InChI=1S/C20H28O/c21-19(7-6-15-4-2-1-3-5-15)14-20-11-16-8-17(12-20)10-18(9-16)13-20/h1-5,16-19,21H,6-14H2. The van der Waals surface area contributed by atoms with Crippen molar-refractivity contribution in [2.45, 2.75) is 63.9 Å². The van der Waals surface area contributed by atoms with E-state index in [1.54, 1.807) is 0 Å². The molecule has 1 unspecified atom stereocenters. The van der Waals surface area contributed by atoms with E-state index in [4.69, 9.17) is 0 Å². The molecule has 21 heavy (non-hydrogen) atoms. The zero-order valence-electron chi connectivity index (χ0n) is 13.0. The molecule has 0 aromatic heterocycles. The predicted octanol–water partition coefficient (Wildman–Crippen LogP) is 4.59. The fourth-order valence-corrected chi connectivity index (χ4v) is 6.12. The molecule has 0 heterocycles. The van der Waals surface area contributed by atoms with Crippen molar-refractivity contribution in [2.24, 2.45) is 23.2 Å². The third-order valence-corrected chi connectivity index (χ3v) is 6.44. The maximum absolute atomic E-state index is 10.6. The summed E-state index contributed by atoms with van der Waals surface area (Å²) in [5.41, 5.74) is 1.88. The van der Waals surface area contributed by atoms with E-state index in [-0.39, 0.29) is 6.10 Å². The molecule has 1 atom stereocenters. The van der Waals surface area contributed by atoms with Gasteiger partial charge in [0.05, 0.1) is 6.10 Å². The van der Waals surface area contributed by atoms with E-state index in [0.717, 1.165) is 37.0 Å². The first-order chi connectivity index (χ1) is 10.2. The van der Waals surface area contributed by atoms with E-state index < -0.39 is 0 Å². The van der Waals surface area contributed by atoms with Crippen LogP contribution in [-0.2, 0) is 6.42 Å². The Balaban J connectivity index is 1.35. The van der Waals surface area contributed by atoms with Gasteiger partial charge in [-0.2, -0.15) is 0 Å². The van der Waals surface area contributed by atoms with Gasteiger partial charge >= 0.3 is 0 Å². The van der Waals surface area contributed by atoms with Gasteiger partial charge in [-0.25, -0.2) is 0 Å². The van der Waals surface area contributed by atoms with Crippen molar-refractivity contribution in [3.63, 3.8) is 0 Å². The van der Waals surface area contributed by atoms with E-state index in [0.29, 0.717) is 5.41 Å². The fraction of sp³-hybridized carbons (Fsp3) is 0.700. The second kappa shape index (κ2) is 5.43. The summed E-state index contributed by atoms with van der Waals surface area (Å²) >= 11 is 0. The predicted molar refractivity (Wildman–Crippen MR) is 86.0 cm³/mol. The van der Waals surface area contributed by atoms with Crippen LogP contribution in [0.15, 0.2) is 30.3 Å². The van der Waals surface area contributed by atoms with Crippen LogP contribution in [0.4, 0.5) is 0 Å². The van der Waals surface area contributed by atoms with Gasteiger partial charge in [0.2, 0.25) is 0 Å². The summed E-state index contributed by atoms with van der Waals surface area (Å²) in [5, 5.41) is 10.6. The van der Waals surface area contributed by atoms with Crippen molar-refractivity contribution in [3.8, 4) is 0 Å². The first kappa shape index (κ1) is 13.8. The number of aryl methyl sites for hydroxylation is 1. The van der Waals surface area contributed by atoms with Crippen molar-refractivity contribution in [3.05, 3.63) is 35.9 Å². The van der Waals surface area contributed by atoms with Crippen LogP contribution >= 0.6 is 0 Å². The van der Waals surface area contributed by atoms with Gasteiger partial charge in [0.15, 0.2) is 0 Å². The number of aliphatic hydroxyl groups excluding tert-OH is 1. The Morgan fingerprint density at radius 2 is 1.52 bits per heavy atom. The zero-order chi connectivity index (χ0) is 14.3. The molecular weight excluding hydrogens is 256 g/mol. The Hall–Kier alpha value is -0.820. The quantitative estimate of drug-likeness (QED) is 0.838. The van der Waals surface area contributed by atoms with Gasteiger partial charge in [-0.05, 0) is 86.5 Å². The van der Waals surface area contributed by atoms with Crippen LogP contribution in [0, 0.1) is 23.2 Å². The monoisotopic (exact) mass is 284 g/mol. The molecule has 0 saturated heterocycles. The molecule has 1 nitrogen and oxygen atoms in total. The highest BCUT2D eigenvalue weighted by atomic mass is 16.3. The fourth-order valence-electron chi connectivity index (χ4n) is 6.12. The molecule has 4 saturated carbocycles. The van der Waals surface area contributed by atoms with Crippen molar-refractivity contribution in [1.29, 1.82) is 0 Å². The van der Waals surface area contributed by atoms with Gasteiger partial charge in [0.25, 0.3) is 0 Å². The first-order valence-corrected chi connectivity index (χ1v) is 8.93. The normalized spacial score (nSPS) is 38.6. The Bertz CT molecular complexity index is 443. The van der Waals surface area contributed by atoms with Gasteiger partial charge in [0.1, 0.15) is 0 Å². The molecule has 1 aromatic rings. The highest BCUT2D eigenvalue weighted by Gasteiger charge is 2.51. The molecule has 0 radical (unpaired) electrons. The van der Waals surface area contributed by atoms with E-state index >= 15 is 0 Å². The van der Waals surface area contributed by atoms with E-state index in [9.17, 15) is 5.11 Å². The molecule has 1 N–H and O–H groups in total. The van der Waals surface area contributed by atoms with Gasteiger partial charge in [0, 0.05) is 0 Å². The Labute approximate surface area is 128 Å². The van der Waals surface area contributed by atoms with E-state index in [1.165, 1.54) is 44.1 Å². The number of rotatable bonds is 5. The highest BCUT2D eigenvalue weighted by Crippen LogP contribution is 2.61. The van der Waals surface area contributed by atoms with Gasteiger partial charge < -0.3 is 5.11 Å². The maximum Gasteiger partial charge on any atom is 0.0548 e. The molecule has 1 aromatic carbocycles. The minimum atomic E-state index is -0.0959. The molecule has 1 heteroatoms. The summed E-state index contributed by atoms with van der Waals surface area (Å²) in [5.74, 6) is 2.99. The van der Waals surface area contributed by atoms with Gasteiger partial charge in [-0.15, -0.1) is 0 Å². The lowest BCUT2D eigenvalue weighted by molar-refractivity contribution is -0.0765. The second-order valence-electron chi connectivity index (χ2n) is 8.30. The summed E-state index contributed by atoms with van der Waals surface area (Å²) in [6.07, 6.45) is 11.7. The van der Waals surface area contributed by atoms with Gasteiger partial charge in [-0.3, -0.25) is 0 Å². The van der Waals surface area contributed by atoms with Gasteiger partial charge in [-0.1, -0.05) is 30.3 Å². The summed E-state index contributed by atoms with van der Waals surface area (Å²) in [7, 11) is 0. The minimum Gasteiger partial charge on any atom is -0.393 e. The summed E-state index contributed by atoms with van der Waals surface area (Å²) < 4.78 is 0. The Kier molecular flexibility index (Phi) is 3.57. The molecule has 0 amide bonds. The van der Waals surface area contributed by atoms with Crippen molar-refractivity contribution in [1.82, 2.24) is 0 Å². The van der Waals surface area contributed by atoms with Crippen LogP contribution in [0.3, 0.4) is 0 Å². The molecule has 4 aliphatic carbocycles. The molecule has 4 fully saturated rings. The van der Waals surface area contributed by atoms with E-state index in [1.807, 2.05) is 0 Å².